The summed E-state index contributed by atoms with van der Waals surface area (Å²) >= 11 is 0. The predicted molar refractivity (Wildman–Crippen MR) is 44.1 cm³/mol. The first-order valence-corrected chi connectivity index (χ1v) is 4.26. The van der Waals surface area contributed by atoms with E-state index in [0.717, 1.165) is 0 Å². The summed E-state index contributed by atoms with van der Waals surface area (Å²) in [6.07, 6.45) is -0.0243. The van der Waals surface area contributed by atoms with Crippen LogP contribution in [0.3, 0.4) is 0 Å². The molecule has 5 heteroatoms. The molecule has 0 aromatic heterocycles. The van der Waals surface area contributed by atoms with Crippen LogP contribution < -0.4 is 0 Å². The monoisotopic (exact) mass is 188 g/mol. The van der Waals surface area contributed by atoms with Gasteiger partial charge in [-0.05, 0) is 6.42 Å². The number of aliphatic hydroxyl groups is 1. The van der Waals surface area contributed by atoms with E-state index in [2.05, 4.69) is 5.11 Å². The van der Waals surface area contributed by atoms with Crippen molar-refractivity contribution in [3.8, 4) is 0 Å². The maximum absolute atomic E-state index is 11.3. The molecule has 13 heavy (non-hydrogen) atoms. The normalized spacial score (nSPS) is 28.7. The molecule has 0 radical (unpaired) electrons. The Balaban J connectivity index is 2.78. The number of aliphatic carboxylic acids is 1. The lowest BCUT2D eigenvalue weighted by Gasteiger charge is -2.21. The summed E-state index contributed by atoms with van der Waals surface area (Å²) in [6, 6.07) is -1.00. The lowest BCUT2D eigenvalue weighted by molar-refractivity contribution is -0.150. The van der Waals surface area contributed by atoms with E-state index in [4.69, 9.17) is 6.54 Å². The molecule has 0 spiro atoms. The van der Waals surface area contributed by atoms with Crippen LogP contribution in [0.4, 0.5) is 0 Å². The largest absolute Gasteiger partial charge is 0.480 e. The number of hydrogen-bond donors (Lipinski definition) is 2. The summed E-state index contributed by atoms with van der Waals surface area (Å²) in [6.45, 7) is 2.03. The van der Waals surface area contributed by atoms with Crippen LogP contribution >= 0.6 is 0 Å². The molecule has 1 rings (SSSR count). The van der Waals surface area contributed by atoms with Crippen LogP contribution in [-0.4, -0.2) is 47.1 Å². The first kappa shape index (κ1) is 8.50. The molecule has 2 atom stereocenters. The average molecular weight is 188 g/mol. The summed E-state index contributed by atoms with van der Waals surface area (Å²) in [5, 5.41) is 13.2. The van der Waals surface area contributed by atoms with E-state index < -0.39 is 18.1 Å². The maximum Gasteiger partial charge on any atom is 0.329 e. The molecule has 5 nitrogen and oxygen atoms in total. The van der Waals surface area contributed by atoms with Crippen LogP contribution in [0.5, 0.6) is 0 Å². The summed E-state index contributed by atoms with van der Waals surface area (Å²) in [5.41, 5.74) is 0. The number of likely N-dealkylation sites (tertiary alicyclic amines) is 1. The Labute approximate surface area is 77.5 Å². The SMILES string of the molecule is [2H]O[C@H]1CCN(C(=O)CC)[C@@H]1C(=O)O. The molecule has 0 saturated carbocycles. The van der Waals surface area contributed by atoms with Gasteiger partial charge in [0.2, 0.25) is 7.34 Å². The van der Waals surface area contributed by atoms with Gasteiger partial charge in [-0.3, -0.25) is 4.79 Å². The Morgan fingerprint density at radius 2 is 2.38 bits per heavy atom. The van der Waals surface area contributed by atoms with Crippen LogP contribution in [0, 0.1) is 0 Å². The van der Waals surface area contributed by atoms with Crippen molar-refractivity contribution in [3.05, 3.63) is 0 Å². The van der Waals surface area contributed by atoms with Gasteiger partial charge in [-0.25, -0.2) is 4.79 Å². The molecule has 1 aliphatic rings. The standard InChI is InChI=1S/C8H13NO4/c1-2-6(11)9-4-3-5(10)7(9)8(12)13/h5,7,10H,2-4H2,1H3,(H,12,13)/t5-,7-/m0/s1/i10D. The summed E-state index contributed by atoms with van der Waals surface area (Å²) in [4.78, 5) is 23.4. The fraction of sp³-hybridized carbons (Fsp3) is 0.750. The zero-order valence-electron chi connectivity index (χ0n) is 8.40. The highest BCUT2D eigenvalue weighted by atomic mass is 16.4. The van der Waals surface area contributed by atoms with Gasteiger partial charge in [0.1, 0.15) is 0 Å². The van der Waals surface area contributed by atoms with Gasteiger partial charge in [-0.15, -0.1) is 0 Å². The molecular weight excluding hydrogens is 174 g/mol. The quantitative estimate of drug-likeness (QED) is 0.622. The highest BCUT2D eigenvalue weighted by Crippen LogP contribution is 2.18. The Morgan fingerprint density at radius 3 is 2.85 bits per heavy atom. The number of carboxylic acid groups (broad SMARTS) is 1. The van der Waals surface area contributed by atoms with Crippen LogP contribution in [0.2, 0.25) is 0 Å². The van der Waals surface area contributed by atoms with E-state index in [9.17, 15) is 9.59 Å². The van der Waals surface area contributed by atoms with E-state index in [-0.39, 0.29) is 12.3 Å². The third-order valence-corrected chi connectivity index (χ3v) is 2.22. The third-order valence-electron chi connectivity index (χ3n) is 2.22. The van der Waals surface area contributed by atoms with Crippen molar-refractivity contribution in [2.45, 2.75) is 31.9 Å². The number of carbonyl (C=O) groups is 2. The zero-order valence-corrected chi connectivity index (χ0v) is 7.40. The molecule has 1 aliphatic heterocycles. The minimum absolute atomic E-state index is 0.211. The van der Waals surface area contributed by atoms with Gasteiger partial charge < -0.3 is 15.1 Å². The van der Waals surface area contributed by atoms with Crippen LogP contribution in [0.1, 0.15) is 19.8 Å². The van der Waals surface area contributed by atoms with Gasteiger partial charge in [-0.1, -0.05) is 6.92 Å². The first-order valence-electron chi connectivity index (χ1n) is 4.66. The lowest BCUT2D eigenvalue weighted by Crippen LogP contribution is -2.44. The molecule has 1 fully saturated rings. The lowest BCUT2D eigenvalue weighted by atomic mass is 10.2. The van der Waals surface area contributed by atoms with Gasteiger partial charge >= 0.3 is 5.97 Å². The summed E-state index contributed by atoms with van der Waals surface area (Å²) in [7, 11) is 0. The minimum Gasteiger partial charge on any atom is -0.480 e. The van der Waals surface area contributed by atoms with Gasteiger partial charge in [-0.2, -0.15) is 0 Å². The molecule has 1 amide bonds. The Bertz CT molecular complexity index is 245. The second-order valence-electron chi connectivity index (χ2n) is 3.05. The molecule has 0 aliphatic carbocycles. The number of carbonyl (C=O) groups excluding carboxylic acids is 1. The summed E-state index contributed by atoms with van der Waals surface area (Å²) < 4.78 is 6.71. The van der Waals surface area contributed by atoms with Crippen LogP contribution in [-0.2, 0) is 9.59 Å². The van der Waals surface area contributed by atoms with Crippen molar-refractivity contribution in [3.63, 3.8) is 0 Å². The number of amides is 1. The van der Waals surface area contributed by atoms with Gasteiger partial charge in [0.05, 0.1) is 6.10 Å². The summed E-state index contributed by atoms with van der Waals surface area (Å²) in [5.74, 6) is -1.32. The molecule has 0 bridgehead atoms. The molecule has 1 saturated heterocycles. The zero-order chi connectivity index (χ0) is 10.7. The topological polar surface area (TPSA) is 77.8 Å². The van der Waals surface area contributed by atoms with Crippen molar-refractivity contribution in [1.29, 1.82) is 1.43 Å². The van der Waals surface area contributed by atoms with Gasteiger partial charge in [0, 0.05) is 13.0 Å². The average Bonchev–Trinajstić information content (AvgIpc) is 2.59. The fourth-order valence-electron chi connectivity index (χ4n) is 1.54. The molecule has 74 valence electrons. The highest BCUT2D eigenvalue weighted by Gasteiger charge is 2.40. The van der Waals surface area contributed by atoms with Crippen molar-refractivity contribution < 1.29 is 19.8 Å². The molecule has 0 aromatic rings. The second-order valence-corrected chi connectivity index (χ2v) is 3.05. The number of carboxylic acids is 1. The molecule has 0 unspecified atom stereocenters. The van der Waals surface area contributed by atoms with Crippen LogP contribution in [0.15, 0.2) is 0 Å². The number of hydrogen-bond acceptors (Lipinski definition) is 3. The number of rotatable bonds is 3. The predicted octanol–water partition coefficient (Wildman–Crippen LogP) is -0.557. The van der Waals surface area contributed by atoms with E-state index in [1.165, 1.54) is 4.90 Å². The number of nitrogens with zero attached hydrogens (tertiary/aromatic N) is 1. The van der Waals surface area contributed by atoms with Crippen molar-refractivity contribution in [2.75, 3.05) is 6.54 Å². The van der Waals surface area contributed by atoms with E-state index in [0.29, 0.717) is 13.0 Å². The molecule has 1 heterocycles. The van der Waals surface area contributed by atoms with E-state index in [1.807, 2.05) is 0 Å². The maximum atomic E-state index is 11.3. The number of aliphatic hydroxyl groups excluding tert-OH is 1. The van der Waals surface area contributed by atoms with Gasteiger partial charge in [0.25, 0.3) is 0 Å². The van der Waals surface area contributed by atoms with Crippen molar-refractivity contribution in [2.24, 2.45) is 0 Å². The van der Waals surface area contributed by atoms with Crippen LogP contribution in [0.25, 0.3) is 0 Å². The Morgan fingerprint density at radius 1 is 1.69 bits per heavy atom. The van der Waals surface area contributed by atoms with E-state index in [1.54, 1.807) is 6.92 Å². The van der Waals surface area contributed by atoms with Crippen molar-refractivity contribution in [1.82, 2.24) is 4.90 Å². The van der Waals surface area contributed by atoms with E-state index >= 15 is 0 Å². The smallest absolute Gasteiger partial charge is 0.329 e. The molecule has 0 aromatic carbocycles. The first-order chi connectivity index (χ1) is 6.61. The Kier molecular flexibility index (Phi) is 2.44. The second kappa shape index (κ2) is 3.74. The highest BCUT2D eigenvalue weighted by molar-refractivity contribution is 5.84. The minimum atomic E-state index is -1.11. The fourth-order valence-corrected chi connectivity index (χ4v) is 1.54. The van der Waals surface area contributed by atoms with Crippen molar-refractivity contribution >= 4 is 11.9 Å². The Hall–Kier alpha value is -1.10. The molecular formula is C8H13NO4. The third kappa shape index (κ3) is 1.80. The van der Waals surface area contributed by atoms with Gasteiger partial charge in [0.15, 0.2) is 6.04 Å². The molecule has 2 N–H and O–H groups in total.